The van der Waals surface area contributed by atoms with Crippen LogP contribution >= 0.6 is 11.6 Å². The van der Waals surface area contributed by atoms with Crippen LogP contribution < -0.4 is 4.74 Å². The first-order valence-corrected chi connectivity index (χ1v) is 9.23. The average molecular weight is 409 g/mol. The molecule has 0 radical (unpaired) electrons. The number of aliphatic carboxylic acids is 1. The molecule has 0 fully saturated rings. The van der Waals surface area contributed by atoms with Crippen molar-refractivity contribution in [3.8, 4) is 11.5 Å². The molecule has 140 valence electrons. The lowest BCUT2D eigenvalue weighted by Crippen LogP contribution is -2.09. The molecule has 0 amide bonds. The normalized spacial score (nSPS) is 12.0. The second kappa shape index (κ2) is 7.16. The highest BCUT2D eigenvalue weighted by atomic mass is 35.5. The molecule has 0 aliphatic rings. The zero-order valence-corrected chi connectivity index (χ0v) is 14.7. The van der Waals surface area contributed by atoms with Gasteiger partial charge in [-0.2, -0.15) is 13.2 Å². The quantitative estimate of drug-likeness (QED) is 0.802. The van der Waals surface area contributed by atoms with Crippen LogP contribution in [0.15, 0.2) is 41.3 Å². The number of carboxylic acids is 1. The third-order valence-electron chi connectivity index (χ3n) is 3.20. The van der Waals surface area contributed by atoms with E-state index >= 15 is 0 Å². The molecular formula is C16H12ClF3O5S. The molecule has 0 bridgehead atoms. The Bertz CT molecular complexity index is 955. The number of ether oxygens (including phenoxy) is 1. The van der Waals surface area contributed by atoms with Gasteiger partial charge in [-0.05, 0) is 42.0 Å². The molecule has 0 aliphatic carbocycles. The number of benzene rings is 2. The first-order chi connectivity index (χ1) is 11.9. The molecule has 0 atom stereocenters. The summed E-state index contributed by atoms with van der Waals surface area (Å²) in [4.78, 5) is 10.3. The monoisotopic (exact) mass is 408 g/mol. The molecule has 0 spiro atoms. The van der Waals surface area contributed by atoms with Crippen molar-refractivity contribution in [3.63, 3.8) is 0 Å². The van der Waals surface area contributed by atoms with E-state index in [1.807, 2.05) is 0 Å². The van der Waals surface area contributed by atoms with Crippen LogP contribution in [0.25, 0.3) is 0 Å². The Morgan fingerprint density at radius 2 is 1.85 bits per heavy atom. The number of rotatable bonds is 5. The largest absolute Gasteiger partial charge is 0.481 e. The standard InChI is InChI=1S/C16H12ClF3O5S/c1-26(23,24)12-2-3-14(13(8-12)16(18,19)20)25-11-5-9(6-15(21)22)4-10(17)7-11/h2-5,7-8H,6H2,1H3,(H,21,22). The lowest BCUT2D eigenvalue weighted by Gasteiger charge is -2.15. The molecule has 0 aliphatic heterocycles. The van der Waals surface area contributed by atoms with Gasteiger partial charge in [0.1, 0.15) is 11.5 Å². The Morgan fingerprint density at radius 1 is 1.19 bits per heavy atom. The average Bonchev–Trinajstić information content (AvgIpc) is 2.43. The van der Waals surface area contributed by atoms with E-state index in [2.05, 4.69) is 0 Å². The smallest absolute Gasteiger partial charge is 0.420 e. The Kier molecular flexibility index (Phi) is 5.52. The maximum absolute atomic E-state index is 13.3. The molecule has 2 aromatic rings. The van der Waals surface area contributed by atoms with Crippen LogP contribution in [0.5, 0.6) is 11.5 Å². The highest BCUT2D eigenvalue weighted by Crippen LogP contribution is 2.40. The molecule has 10 heteroatoms. The number of carboxylic acid groups (broad SMARTS) is 1. The fourth-order valence-corrected chi connectivity index (χ4v) is 3.03. The molecular weight excluding hydrogens is 397 g/mol. The maximum atomic E-state index is 13.3. The van der Waals surface area contributed by atoms with Crippen LogP contribution in [-0.4, -0.2) is 25.7 Å². The third kappa shape index (κ3) is 5.12. The van der Waals surface area contributed by atoms with Gasteiger partial charge >= 0.3 is 12.1 Å². The van der Waals surface area contributed by atoms with Crippen molar-refractivity contribution >= 4 is 27.4 Å². The fourth-order valence-electron chi connectivity index (χ4n) is 2.13. The Balaban J connectivity index is 2.49. The van der Waals surface area contributed by atoms with Gasteiger partial charge < -0.3 is 9.84 Å². The maximum Gasteiger partial charge on any atom is 0.420 e. The summed E-state index contributed by atoms with van der Waals surface area (Å²) in [5.74, 6) is -1.88. The molecule has 0 saturated heterocycles. The van der Waals surface area contributed by atoms with Crippen LogP contribution in [0.3, 0.4) is 0 Å². The molecule has 0 unspecified atom stereocenters. The Labute approximate surface area is 151 Å². The summed E-state index contributed by atoms with van der Waals surface area (Å²) in [6.07, 6.45) is -4.47. The summed E-state index contributed by atoms with van der Waals surface area (Å²) >= 11 is 5.84. The third-order valence-corrected chi connectivity index (χ3v) is 4.53. The summed E-state index contributed by atoms with van der Waals surface area (Å²) < 4.78 is 68.0. The zero-order valence-electron chi connectivity index (χ0n) is 13.2. The second-order valence-electron chi connectivity index (χ2n) is 5.40. The van der Waals surface area contributed by atoms with E-state index in [-0.39, 0.29) is 16.3 Å². The molecule has 0 saturated carbocycles. The number of hydrogen-bond acceptors (Lipinski definition) is 4. The van der Waals surface area contributed by atoms with Crippen molar-refractivity contribution in [2.75, 3.05) is 6.26 Å². The highest BCUT2D eigenvalue weighted by molar-refractivity contribution is 7.90. The molecule has 1 N–H and O–H groups in total. The van der Waals surface area contributed by atoms with Crippen molar-refractivity contribution in [1.29, 1.82) is 0 Å². The minimum absolute atomic E-state index is 0.0834. The first-order valence-electron chi connectivity index (χ1n) is 6.96. The molecule has 0 aromatic heterocycles. The Morgan fingerprint density at radius 3 is 2.38 bits per heavy atom. The highest BCUT2D eigenvalue weighted by Gasteiger charge is 2.35. The van der Waals surface area contributed by atoms with Crippen molar-refractivity contribution in [2.24, 2.45) is 0 Å². The van der Waals surface area contributed by atoms with Crippen LogP contribution in [0.4, 0.5) is 13.2 Å². The number of alkyl halides is 3. The van der Waals surface area contributed by atoms with Gasteiger partial charge in [0.15, 0.2) is 9.84 Å². The topological polar surface area (TPSA) is 80.7 Å². The van der Waals surface area contributed by atoms with Crippen LogP contribution in [0.1, 0.15) is 11.1 Å². The first kappa shape index (κ1) is 20.1. The van der Waals surface area contributed by atoms with Gasteiger partial charge in [0.25, 0.3) is 0 Å². The van der Waals surface area contributed by atoms with E-state index in [0.29, 0.717) is 6.07 Å². The predicted octanol–water partition coefficient (Wildman–Crippen LogP) is 4.18. The minimum atomic E-state index is -4.86. The van der Waals surface area contributed by atoms with E-state index in [0.717, 1.165) is 18.4 Å². The molecule has 26 heavy (non-hydrogen) atoms. The number of carbonyl (C=O) groups is 1. The van der Waals surface area contributed by atoms with Crippen molar-refractivity contribution in [3.05, 3.63) is 52.5 Å². The van der Waals surface area contributed by atoms with E-state index in [4.69, 9.17) is 21.4 Å². The van der Waals surface area contributed by atoms with Crippen LogP contribution in [-0.2, 0) is 27.2 Å². The summed E-state index contributed by atoms with van der Waals surface area (Å²) in [5, 5.41) is 8.89. The van der Waals surface area contributed by atoms with Gasteiger partial charge in [0.2, 0.25) is 0 Å². The number of sulfone groups is 1. The van der Waals surface area contributed by atoms with Gasteiger partial charge in [0.05, 0.1) is 16.9 Å². The van der Waals surface area contributed by atoms with Gasteiger partial charge in [-0.1, -0.05) is 11.6 Å². The van der Waals surface area contributed by atoms with E-state index < -0.39 is 44.6 Å². The molecule has 0 heterocycles. The van der Waals surface area contributed by atoms with E-state index in [9.17, 15) is 26.4 Å². The summed E-state index contributed by atoms with van der Waals surface area (Å²) in [6, 6.07) is 6.16. The van der Waals surface area contributed by atoms with Crippen LogP contribution in [0, 0.1) is 0 Å². The van der Waals surface area contributed by atoms with Crippen molar-refractivity contribution < 1.29 is 36.2 Å². The molecule has 2 rings (SSSR count). The lowest BCUT2D eigenvalue weighted by molar-refractivity contribution is -0.139. The van der Waals surface area contributed by atoms with E-state index in [1.165, 1.54) is 18.2 Å². The number of halogens is 4. The SMILES string of the molecule is CS(=O)(=O)c1ccc(Oc2cc(Cl)cc(CC(=O)O)c2)c(C(F)(F)F)c1. The minimum Gasteiger partial charge on any atom is -0.481 e. The summed E-state index contributed by atoms with van der Waals surface area (Å²) in [6.45, 7) is 0. The molecule has 5 nitrogen and oxygen atoms in total. The van der Waals surface area contributed by atoms with Crippen molar-refractivity contribution in [1.82, 2.24) is 0 Å². The summed E-state index contributed by atoms with van der Waals surface area (Å²) in [5.41, 5.74) is -1.04. The number of hydrogen-bond donors (Lipinski definition) is 1. The van der Waals surface area contributed by atoms with Gasteiger partial charge in [0, 0.05) is 11.3 Å². The fraction of sp³-hybridized carbons (Fsp3) is 0.188. The van der Waals surface area contributed by atoms with Crippen molar-refractivity contribution in [2.45, 2.75) is 17.5 Å². The molecule has 2 aromatic carbocycles. The van der Waals surface area contributed by atoms with E-state index in [1.54, 1.807) is 0 Å². The second-order valence-corrected chi connectivity index (χ2v) is 7.85. The predicted molar refractivity (Wildman–Crippen MR) is 87.4 cm³/mol. The van der Waals surface area contributed by atoms with Gasteiger partial charge in [-0.15, -0.1) is 0 Å². The van der Waals surface area contributed by atoms with Gasteiger partial charge in [-0.25, -0.2) is 8.42 Å². The zero-order chi connectivity index (χ0) is 19.7. The summed E-state index contributed by atoms with van der Waals surface area (Å²) in [7, 11) is -3.84. The lowest BCUT2D eigenvalue weighted by atomic mass is 10.1. The van der Waals surface area contributed by atoms with Crippen LogP contribution in [0.2, 0.25) is 5.02 Å². The Hall–Kier alpha value is -2.26. The van der Waals surface area contributed by atoms with Gasteiger partial charge in [-0.3, -0.25) is 4.79 Å².